The first kappa shape index (κ1) is 13.2. The van der Waals surface area contributed by atoms with Crippen LogP contribution in [0, 0.1) is 0 Å². The van der Waals surface area contributed by atoms with Crippen molar-refractivity contribution in [3.05, 3.63) is 47.3 Å². The molecule has 0 aliphatic rings. The van der Waals surface area contributed by atoms with Crippen LogP contribution in [-0.2, 0) is 0 Å². The van der Waals surface area contributed by atoms with E-state index in [0.717, 1.165) is 4.57 Å². The third-order valence-corrected chi connectivity index (χ3v) is 3.84. The summed E-state index contributed by atoms with van der Waals surface area (Å²) in [6.07, 6.45) is 0. The molecule has 0 unspecified atom stereocenters. The van der Waals surface area contributed by atoms with Gasteiger partial charge in [0.2, 0.25) is 5.88 Å². The van der Waals surface area contributed by atoms with Gasteiger partial charge in [0.1, 0.15) is 5.56 Å². The minimum absolute atomic E-state index is 0.0257. The summed E-state index contributed by atoms with van der Waals surface area (Å²) in [5.74, 6) is -0.955. The Balaban J connectivity index is 2.16. The lowest BCUT2D eigenvalue weighted by Crippen LogP contribution is -2.19. The average molecular weight is 301 g/mol. The SMILES string of the molecule is NC(=O)n1c(O)c(C(=O)Nc2cccs2)c2ccccc21. The second kappa shape index (κ2) is 4.95. The number of anilines is 1. The second-order valence-electron chi connectivity index (χ2n) is 4.32. The lowest BCUT2D eigenvalue weighted by Gasteiger charge is -2.02. The van der Waals surface area contributed by atoms with E-state index in [1.54, 1.807) is 36.4 Å². The molecule has 0 saturated heterocycles. The fraction of sp³-hybridized carbons (Fsp3) is 0. The summed E-state index contributed by atoms with van der Waals surface area (Å²) < 4.78 is 0.915. The fourth-order valence-corrected chi connectivity index (χ4v) is 2.81. The van der Waals surface area contributed by atoms with Crippen molar-refractivity contribution in [2.75, 3.05) is 5.32 Å². The molecule has 0 spiro atoms. The van der Waals surface area contributed by atoms with Crippen molar-refractivity contribution in [1.82, 2.24) is 4.57 Å². The molecule has 2 heterocycles. The van der Waals surface area contributed by atoms with Gasteiger partial charge in [-0.15, -0.1) is 11.3 Å². The Morgan fingerprint density at radius 3 is 2.62 bits per heavy atom. The van der Waals surface area contributed by atoms with Crippen LogP contribution in [0.3, 0.4) is 0 Å². The largest absolute Gasteiger partial charge is 0.494 e. The first-order valence-corrected chi connectivity index (χ1v) is 6.94. The Kier molecular flexibility index (Phi) is 3.11. The lowest BCUT2D eigenvalue weighted by molar-refractivity contribution is 0.102. The molecule has 4 N–H and O–H groups in total. The zero-order valence-corrected chi connectivity index (χ0v) is 11.6. The van der Waals surface area contributed by atoms with E-state index in [-0.39, 0.29) is 5.56 Å². The number of primary amides is 1. The summed E-state index contributed by atoms with van der Waals surface area (Å²) in [7, 11) is 0. The smallest absolute Gasteiger partial charge is 0.326 e. The highest BCUT2D eigenvalue weighted by Crippen LogP contribution is 2.31. The van der Waals surface area contributed by atoms with E-state index in [9.17, 15) is 14.7 Å². The van der Waals surface area contributed by atoms with E-state index in [4.69, 9.17) is 5.73 Å². The van der Waals surface area contributed by atoms with Crippen LogP contribution in [0.2, 0.25) is 0 Å². The monoisotopic (exact) mass is 301 g/mol. The zero-order chi connectivity index (χ0) is 15.0. The van der Waals surface area contributed by atoms with Crippen molar-refractivity contribution in [3.8, 4) is 5.88 Å². The molecule has 0 aliphatic heterocycles. The summed E-state index contributed by atoms with van der Waals surface area (Å²) in [6, 6.07) is 9.37. The summed E-state index contributed by atoms with van der Waals surface area (Å²) in [5, 5.41) is 15.8. The number of hydrogen-bond donors (Lipinski definition) is 3. The maximum absolute atomic E-state index is 12.4. The first-order valence-electron chi connectivity index (χ1n) is 6.06. The molecule has 3 aromatic rings. The number of para-hydroxylation sites is 1. The molecular formula is C14H11N3O3S. The standard InChI is InChI=1S/C14H11N3O3S/c15-14(20)17-9-5-2-1-4-8(9)11(13(17)19)12(18)16-10-6-3-7-21-10/h1-7,19H,(H2,15,20)(H,16,18). The van der Waals surface area contributed by atoms with Crippen molar-refractivity contribution in [1.29, 1.82) is 0 Å². The van der Waals surface area contributed by atoms with Gasteiger partial charge in [0.25, 0.3) is 5.91 Å². The van der Waals surface area contributed by atoms with Crippen LogP contribution in [0.5, 0.6) is 5.88 Å². The van der Waals surface area contributed by atoms with E-state index in [2.05, 4.69) is 5.32 Å². The van der Waals surface area contributed by atoms with Gasteiger partial charge in [0, 0.05) is 5.39 Å². The summed E-state index contributed by atoms with van der Waals surface area (Å²) in [6.45, 7) is 0. The van der Waals surface area contributed by atoms with Gasteiger partial charge in [0.05, 0.1) is 10.5 Å². The van der Waals surface area contributed by atoms with Crippen molar-refractivity contribution >= 4 is 39.2 Å². The normalized spacial score (nSPS) is 10.7. The number of benzene rings is 1. The number of nitrogens with one attached hydrogen (secondary N) is 1. The van der Waals surface area contributed by atoms with E-state index >= 15 is 0 Å². The molecule has 7 heteroatoms. The quantitative estimate of drug-likeness (QED) is 0.678. The maximum Gasteiger partial charge on any atom is 0.326 e. The number of nitrogens with two attached hydrogens (primary N) is 1. The average Bonchev–Trinajstić information content (AvgIpc) is 3.02. The van der Waals surface area contributed by atoms with Crippen molar-refractivity contribution < 1.29 is 14.7 Å². The van der Waals surface area contributed by atoms with Crippen LogP contribution in [0.25, 0.3) is 10.9 Å². The topological polar surface area (TPSA) is 97.3 Å². The van der Waals surface area contributed by atoms with Crippen LogP contribution >= 0.6 is 11.3 Å². The molecule has 106 valence electrons. The molecule has 6 nitrogen and oxygen atoms in total. The van der Waals surface area contributed by atoms with Crippen molar-refractivity contribution in [3.63, 3.8) is 0 Å². The summed E-state index contributed by atoms with van der Waals surface area (Å²) in [4.78, 5) is 23.8. The van der Waals surface area contributed by atoms with E-state index < -0.39 is 17.8 Å². The Morgan fingerprint density at radius 1 is 1.19 bits per heavy atom. The number of hydrogen-bond acceptors (Lipinski definition) is 4. The van der Waals surface area contributed by atoms with Crippen molar-refractivity contribution in [2.45, 2.75) is 0 Å². The number of rotatable bonds is 2. The highest BCUT2D eigenvalue weighted by Gasteiger charge is 2.24. The van der Waals surface area contributed by atoms with Crippen LogP contribution in [0.1, 0.15) is 10.4 Å². The number of amides is 2. The number of aromatic hydroxyl groups is 1. The Bertz CT molecular complexity index is 837. The Labute approximate surface area is 123 Å². The fourth-order valence-electron chi connectivity index (χ4n) is 2.20. The molecule has 0 aliphatic carbocycles. The van der Waals surface area contributed by atoms with E-state index in [1.165, 1.54) is 11.3 Å². The third kappa shape index (κ3) is 2.13. The molecule has 21 heavy (non-hydrogen) atoms. The minimum Gasteiger partial charge on any atom is -0.494 e. The molecule has 0 fully saturated rings. The number of fused-ring (bicyclic) bond motifs is 1. The molecule has 2 aromatic heterocycles. The van der Waals surface area contributed by atoms with E-state index in [1.807, 2.05) is 5.38 Å². The van der Waals surface area contributed by atoms with Crippen LogP contribution in [0.4, 0.5) is 9.80 Å². The van der Waals surface area contributed by atoms with Gasteiger partial charge in [-0.3, -0.25) is 4.79 Å². The Hall–Kier alpha value is -2.80. The predicted molar refractivity (Wildman–Crippen MR) is 80.9 cm³/mol. The molecule has 2 amide bonds. The van der Waals surface area contributed by atoms with Crippen LogP contribution < -0.4 is 11.1 Å². The summed E-state index contributed by atoms with van der Waals surface area (Å²) in [5.41, 5.74) is 5.68. The van der Waals surface area contributed by atoms with Gasteiger partial charge in [-0.25, -0.2) is 9.36 Å². The van der Waals surface area contributed by atoms with Gasteiger partial charge in [-0.1, -0.05) is 18.2 Å². The number of carbonyl (C=O) groups excluding carboxylic acids is 2. The van der Waals surface area contributed by atoms with Gasteiger partial charge < -0.3 is 16.2 Å². The zero-order valence-electron chi connectivity index (χ0n) is 10.7. The number of aromatic nitrogens is 1. The number of carbonyl (C=O) groups is 2. The minimum atomic E-state index is -0.848. The molecule has 0 saturated carbocycles. The number of thiophene rings is 1. The molecule has 3 rings (SSSR count). The van der Waals surface area contributed by atoms with Gasteiger partial charge in [-0.2, -0.15) is 0 Å². The van der Waals surface area contributed by atoms with Gasteiger partial charge >= 0.3 is 6.03 Å². The van der Waals surface area contributed by atoms with E-state index in [0.29, 0.717) is 15.9 Å². The lowest BCUT2D eigenvalue weighted by atomic mass is 10.1. The molecular weight excluding hydrogens is 290 g/mol. The molecule has 1 aromatic carbocycles. The van der Waals surface area contributed by atoms with Crippen LogP contribution in [-0.4, -0.2) is 21.6 Å². The van der Waals surface area contributed by atoms with Crippen LogP contribution in [0.15, 0.2) is 41.8 Å². The molecule has 0 atom stereocenters. The highest BCUT2D eigenvalue weighted by atomic mass is 32.1. The van der Waals surface area contributed by atoms with Gasteiger partial charge in [-0.05, 0) is 23.6 Å². The maximum atomic E-state index is 12.4. The van der Waals surface area contributed by atoms with Gasteiger partial charge in [0.15, 0.2) is 0 Å². The second-order valence-corrected chi connectivity index (χ2v) is 5.27. The Morgan fingerprint density at radius 2 is 1.95 bits per heavy atom. The predicted octanol–water partition coefficient (Wildman–Crippen LogP) is 2.59. The summed E-state index contributed by atoms with van der Waals surface area (Å²) >= 11 is 1.36. The third-order valence-electron chi connectivity index (χ3n) is 3.06. The molecule has 0 bridgehead atoms. The van der Waals surface area contributed by atoms with Crippen molar-refractivity contribution in [2.24, 2.45) is 5.73 Å². The highest BCUT2D eigenvalue weighted by molar-refractivity contribution is 7.14. The first-order chi connectivity index (χ1) is 10.1. The molecule has 0 radical (unpaired) electrons. The number of nitrogens with zero attached hydrogens (tertiary/aromatic N) is 1.